The number of hydrogen-bond acceptors (Lipinski definition) is 3. The average molecular weight is 171 g/mol. The van der Waals surface area contributed by atoms with Crippen molar-refractivity contribution in [1.29, 1.82) is 0 Å². The first kappa shape index (κ1) is 10.7. The first-order valence-electron chi connectivity index (χ1n) is 3.59. The Balaban J connectivity index is 3.37. The van der Waals surface area contributed by atoms with Crippen molar-refractivity contribution >= 4 is 5.91 Å². The van der Waals surface area contributed by atoms with Crippen molar-refractivity contribution in [1.82, 2.24) is 10.2 Å². The smallest absolute Gasteiger partial charge is 0.225 e. The second-order valence-corrected chi connectivity index (χ2v) is 2.54. The van der Waals surface area contributed by atoms with Crippen molar-refractivity contribution in [2.75, 3.05) is 33.7 Å². The highest BCUT2D eigenvalue weighted by molar-refractivity contribution is 5.78. The molecule has 12 heavy (non-hydrogen) atoms. The zero-order chi connectivity index (χ0) is 9.40. The zero-order valence-corrected chi connectivity index (χ0v) is 7.32. The second-order valence-electron chi connectivity index (χ2n) is 2.54. The van der Waals surface area contributed by atoms with Crippen molar-refractivity contribution in [3.8, 4) is 0 Å². The molecule has 0 fully saturated rings. The molecule has 0 aliphatic carbocycles. The van der Waals surface area contributed by atoms with Crippen LogP contribution < -0.4 is 5.32 Å². The molecule has 0 saturated carbocycles. The Hall–Kier alpha value is -1.26. The highest BCUT2D eigenvalue weighted by atomic mass is 16.1. The lowest BCUT2D eigenvalue weighted by Gasteiger charge is -2.09. The number of rotatable bonds is 5. The number of nitrogens with one attached hydrogen (secondary N) is 1. The summed E-state index contributed by atoms with van der Waals surface area (Å²) in [6.45, 7) is 1.23. The van der Waals surface area contributed by atoms with E-state index in [-0.39, 0.29) is 12.5 Å². The van der Waals surface area contributed by atoms with Crippen LogP contribution in [-0.4, -0.2) is 44.5 Å². The van der Waals surface area contributed by atoms with Gasteiger partial charge in [0.25, 0.3) is 0 Å². The summed E-state index contributed by atoms with van der Waals surface area (Å²) in [5, 5.41) is 5.73. The predicted octanol–water partition coefficient (Wildman–Crippen LogP) is -0.0255. The first-order chi connectivity index (χ1) is 5.66. The fraction of sp³-hybridized carbons (Fsp3) is 0.833. The Morgan fingerprint density at radius 3 is 2.83 bits per heavy atom. The molecule has 6 heteroatoms. The number of carbonyl (C=O) groups is 1. The summed E-state index contributed by atoms with van der Waals surface area (Å²) in [5.74, 6) is -0.241. The number of azide groups is 1. The summed E-state index contributed by atoms with van der Waals surface area (Å²) in [6.07, 6.45) is 0. The number of amides is 1. The Labute approximate surface area is 71.2 Å². The number of hydrogen-bond donors (Lipinski definition) is 1. The molecule has 0 rings (SSSR count). The van der Waals surface area contributed by atoms with Crippen LogP contribution in [0.25, 0.3) is 10.4 Å². The first-order valence-corrected chi connectivity index (χ1v) is 3.59. The van der Waals surface area contributed by atoms with Crippen LogP contribution in [0.5, 0.6) is 0 Å². The maximum absolute atomic E-state index is 10.8. The fourth-order valence-corrected chi connectivity index (χ4v) is 0.571. The molecule has 0 atom stereocenters. The molecule has 1 amide bonds. The monoisotopic (exact) mass is 171 g/mol. The van der Waals surface area contributed by atoms with Gasteiger partial charge in [-0.05, 0) is 19.6 Å². The van der Waals surface area contributed by atoms with Crippen LogP contribution in [-0.2, 0) is 4.79 Å². The van der Waals surface area contributed by atoms with Gasteiger partial charge in [0, 0.05) is 18.0 Å². The average Bonchev–Trinajstić information content (AvgIpc) is 2.00. The third-order valence-corrected chi connectivity index (χ3v) is 1.16. The van der Waals surface area contributed by atoms with Gasteiger partial charge in [0.1, 0.15) is 6.54 Å². The van der Waals surface area contributed by atoms with Crippen LogP contribution in [0.2, 0.25) is 0 Å². The number of carbonyl (C=O) groups excluding carboxylic acids is 1. The van der Waals surface area contributed by atoms with E-state index in [1.54, 1.807) is 0 Å². The van der Waals surface area contributed by atoms with Crippen LogP contribution >= 0.6 is 0 Å². The standard InChI is InChI=1S/C6H13N5O/c1-11(2)4-3-8-6(12)5-9-10-7/h3-5H2,1-2H3,(H,8,12). The molecule has 0 bridgehead atoms. The van der Waals surface area contributed by atoms with Gasteiger partial charge in [0.15, 0.2) is 0 Å². The summed E-state index contributed by atoms with van der Waals surface area (Å²) in [6, 6.07) is 0. The third-order valence-electron chi connectivity index (χ3n) is 1.16. The summed E-state index contributed by atoms with van der Waals surface area (Å²) < 4.78 is 0. The zero-order valence-electron chi connectivity index (χ0n) is 7.32. The Bertz CT molecular complexity index is 184. The van der Waals surface area contributed by atoms with Crippen molar-refractivity contribution in [2.24, 2.45) is 5.11 Å². The van der Waals surface area contributed by atoms with Crippen molar-refractivity contribution in [3.63, 3.8) is 0 Å². The Kier molecular flexibility index (Phi) is 5.77. The summed E-state index contributed by atoms with van der Waals surface area (Å²) in [7, 11) is 3.83. The topological polar surface area (TPSA) is 81.1 Å². The Morgan fingerprint density at radius 1 is 1.67 bits per heavy atom. The lowest BCUT2D eigenvalue weighted by molar-refractivity contribution is -0.119. The van der Waals surface area contributed by atoms with E-state index in [9.17, 15) is 4.79 Å². The van der Waals surface area contributed by atoms with E-state index in [2.05, 4.69) is 15.3 Å². The van der Waals surface area contributed by atoms with Gasteiger partial charge in [-0.2, -0.15) is 0 Å². The molecule has 68 valence electrons. The molecule has 0 heterocycles. The van der Waals surface area contributed by atoms with Crippen LogP contribution in [0.1, 0.15) is 0 Å². The van der Waals surface area contributed by atoms with Gasteiger partial charge in [0.2, 0.25) is 5.91 Å². The fourth-order valence-electron chi connectivity index (χ4n) is 0.571. The maximum atomic E-state index is 10.8. The maximum Gasteiger partial charge on any atom is 0.225 e. The molecule has 0 unspecified atom stereocenters. The molecule has 0 spiro atoms. The van der Waals surface area contributed by atoms with Gasteiger partial charge >= 0.3 is 0 Å². The van der Waals surface area contributed by atoms with Gasteiger partial charge < -0.3 is 10.2 Å². The van der Waals surface area contributed by atoms with Gasteiger partial charge in [-0.15, -0.1) is 0 Å². The summed E-state index contributed by atoms with van der Waals surface area (Å²) >= 11 is 0. The van der Waals surface area contributed by atoms with Crippen LogP contribution in [0, 0.1) is 0 Å². The number of nitrogens with zero attached hydrogens (tertiary/aromatic N) is 4. The van der Waals surface area contributed by atoms with Gasteiger partial charge in [-0.1, -0.05) is 5.11 Å². The molecular formula is C6H13N5O. The highest BCUT2D eigenvalue weighted by Gasteiger charge is 1.97. The van der Waals surface area contributed by atoms with E-state index in [1.807, 2.05) is 19.0 Å². The van der Waals surface area contributed by atoms with E-state index >= 15 is 0 Å². The lowest BCUT2D eigenvalue weighted by atomic mass is 10.5. The van der Waals surface area contributed by atoms with E-state index in [1.165, 1.54) is 0 Å². The van der Waals surface area contributed by atoms with E-state index < -0.39 is 0 Å². The molecule has 0 aromatic carbocycles. The van der Waals surface area contributed by atoms with Crippen LogP contribution in [0.15, 0.2) is 5.11 Å². The molecule has 0 saturated heterocycles. The molecule has 0 aromatic heterocycles. The van der Waals surface area contributed by atoms with Crippen molar-refractivity contribution < 1.29 is 4.79 Å². The van der Waals surface area contributed by atoms with E-state index in [4.69, 9.17) is 5.53 Å². The Morgan fingerprint density at radius 2 is 2.33 bits per heavy atom. The largest absolute Gasteiger partial charge is 0.355 e. The van der Waals surface area contributed by atoms with Crippen molar-refractivity contribution in [3.05, 3.63) is 10.4 Å². The van der Waals surface area contributed by atoms with Crippen LogP contribution in [0.3, 0.4) is 0 Å². The van der Waals surface area contributed by atoms with Crippen molar-refractivity contribution in [2.45, 2.75) is 0 Å². The third kappa shape index (κ3) is 6.85. The lowest BCUT2D eigenvalue weighted by Crippen LogP contribution is -2.32. The molecule has 0 aliphatic heterocycles. The molecule has 6 nitrogen and oxygen atoms in total. The number of likely N-dealkylation sites (N-methyl/N-ethyl adjacent to an activating group) is 1. The minimum atomic E-state index is -0.241. The van der Waals surface area contributed by atoms with E-state index in [0.717, 1.165) is 6.54 Å². The predicted molar refractivity (Wildman–Crippen MR) is 45.6 cm³/mol. The summed E-state index contributed by atoms with van der Waals surface area (Å²) in [4.78, 5) is 15.2. The highest BCUT2D eigenvalue weighted by Crippen LogP contribution is 1.74. The molecule has 0 aliphatic rings. The minimum absolute atomic E-state index is 0.121. The SMILES string of the molecule is CN(C)CCNC(=O)CN=[N+]=[N-]. The molecule has 1 N–H and O–H groups in total. The van der Waals surface area contributed by atoms with Gasteiger partial charge in [-0.3, -0.25) is 4.79 Å². The molecule has 0 aromatic rings. The normalized spacial score (nSPS) is 9.25. The quantitative estimate of drug-likeness (QED) is 0.358. The summed E-state index contributed by atoms with van der Waals surface area (Å²) in [5.41, 5.74) is 7.90. The molecular weight excluding hydrogens is 158 g/mol. The minimum Gasteiger partial charge on any atom is -0.355 e. The second kappa shape index (κ2) is 6.45. The van der Waals surface area contributed by atoms with Gasteiger partial charge in [0.05, 0.1) is 0 Å². The van der Waals surface area contributed by atoms with Gasteiger partial charge in [-0.25, -0.2) is 0 Å². The molecule has 0 radical (unpaired) electrons. The van der Waals surface area contributed by atoms with E-state index in [0.29, 0.717) is 6.54 Å². The van der Waals surface area contributed by atoms with Crippen LogP contribution in [0.4, 0.5) is 0 Å².